The number of nitrogens with one attached hydrogen (secondary N) is 1. The van der Waals surface area contributed by atoms with E-state index in [-0.39, 0.29) is 29.9 Å². The number of likely N-dealkylation sites (tertiary alicyclic amines) is 1. The van der Waals surface area contributed by atoms with Crippen LogP contribution in [0.15, 0.2) is 30.3 Å². The lowest BCUT2D eigenvalue weighted by molar-refractivity contribution is -0.136. The van der Waals surface area contributed by atoms with Crippen molar-refractivity contribution in [2.45, 2.75) is 56.7 Å². The molecule has 24 heavy (non-hydrogen) atoms. The molecule has 2 aliphatic heterocycles. The van der Waals surface area contributed by atoms with Crippen molar-refractivity contribution >= 4 is 11.8 Å². The van der Waals surface area contributed by atoms with Gasteiger partial charge in [-0.3, -0.25) is 9.59 Å². The molecule has 0 spiro atoms. The van der Waals surface area contributed by atoms with E-state index in [4.69, 9.17) is 4.74 Å². The molecule has 5 nitrogen and oxygen atoms in total. The smallest absolute Gasteiger partial charge is 0.225 e. The summed E-state index contributed by atoms with van der Waals surface area (Å²) in [4.78, 5) is 26.9. The Bertz CT molecular complexity index is 575. The second-order valence-electron chi connectivity index (χ2n) is 6.69. The molecule has 3 atom stereocenters. The summed E-state index contributed by atoms with van der Waals surface area (Å²) < 4.78 is 5.09. The highest BCUT2D eigenvalue weighted by atomic mass is 16.5. The maximum Gasteiger partial charge on any atom is 0.225 e. The average molecular weight is 330 g/mol. The number of rotatable bonds is 4. The van der Waals surface area contributed by atoms with E-state index in [1.807, 2.05) is 23.1 Å². The van der Waals surface area contributed by atoms with Crippen molar-refractivity contribution in [1.82, 2.24) is 10.2 Å². The zero-order valence-electron chi connectivity index (χ0n) is 14.2. The van der Waals surface area contributed by atoms with Gasteiger partial charge in [0.05, 0.1) is 31.2 Å². The molecule has 0 unspecified atom stereocenters. The van der Waals surface area contributed by atoms with Crippen LogP contribution in [-0.4, -0.2) is 42.5 Å². The Labute approximate surface area is 143 Å². The second kappa shape index (κ2) is 7.79. The van der Waals surface area contributed by atoms with Gasteiger partial charge in [-0.15, -0.1) is 0 Å². The van der Waals surface area contributed by atoms with Crippen molar-refractivity contribution in [3.63, 3.8) is 0 Å². The normalized spacial score (nSPS) is 27.1. The topological polar surface area (TPSA) is 58.6 Å². The fourth-order valence-corrected chi connectivity index (χ4v) is 4.00. The number of carbonyl (C=O) groups is 2. The average Bonchev–Trinajstić information content (AvgIpc) is 2.93. The molecule has 1 aromatic carbocycles. The van der Waals surface area contributed by atoms with Crippen molar-refractivity contribution in [3.05, 3.63) is 35.9 Å². The zero-order chi connectivity index (χ0) is 16.9. The first-order valence-electron chi connectivity index (χ1n) is 8.85. The van der Waals surface area contributed by atoms with Crippen molar-refractivity contribution < 1.29 is 14.3 Å². The monoisotopic (exact) mass is 330 g/mol. The molecule has 3 rings (SSSR count). The number of nitrogens with zero attached hydrogens (tertiary/aromatic N) is 1. The molecular weight excluding hydrogens is 304 g/mol. The lowest BCUT2D eigenvalue weighted by Crippen LogP contribution is -2.48. The van der Waals surface area contributed by atoms with Gasteiger partial charge in [0.25, 0.3) is 0 Å². The van der Waals surface area contributed by atoms with Crippen molar-refractivity contribution in [2.24, 2.45) is 0 Å². The summed E-state index contributed by atoms with van der Waals surface area (Å²) in [5, 5.41) is 3.16. The third-order valence-corrected chi connectivity index (χ3v) is 5.13. The molecule has 2 heterocycles. The summed E-state index contributed by atoms with van der Waals surface area (Å²) in [5.41, 5.74) is 1.14. The Morgan fingerprint density at radius 3 is 2.83 bits per heavy atom. The van der Waals surface area contributed by atoms with E-state index < -0.39 is 0 Å². The minimum Gasteiger partial charge on any atom is -0.384 e. The number of fused-ring (bicyclic) bond motifs is 1. The second-order valence-corrected chi connectivity index (χ2v) is 6.69. The minimum absolute atomic E-state index is 0.0314. The molecule has 130 valence electrons. The first-order chi connectivity index (χ1) is 11.7. The lowest BCUT2D eigenvalue weighted by atomic mass is 9.97. The van der Waals surface area contributed by atoms with E-state index >= 15 is 0 Å². The summed E-state index contributed by atoms with van der Waals surface area (Å²) >= 11 is 0. The number of hydrogen-bond acceptors (Lipinski definition) is 3. The Morgan fingerprint density at radius 2 is 2.08 bits per heavy atom. The zero-order valence-corrected chi connectivity index (χ0v) is 14.2. The Kier molecular flexibility index (Phi) is 5.51. The number of amides is 2. The number of methoxy groups -OCH3 is 1. The molecule has 2 aliphatic rings. The number of hydrogen-bond donors (Lipinski definition) is 1. The molecule has 2 fully saturated rings. The summed E-state index contributed by atoms with van der Waals surface area (Å²) in [6, 6.07) is 10.3. The highest BCUT2D eigenvalue weighted by molar-refractivity contribution is 5.79. The van der Waals surface area contributed by atoms with E-state index in [0.29, 0.717) is 19.4 Å². The number of ether oxygens (including phenoxy) is 1. The highest BCUT2D eigenvalue weighted by Crippen LogP contribution is 2.39. The standard InChI is InChI=1S/C19H26N2O3/c1-24-12-11-19(23)21-16-9-5-6-10-18(22)20-15(16)13-17(21)14-7-3-2-4-8-14/h2-4,7-8,15-17H,5-6,9-13H2,1H3,(H,20,22)/t15-,16+,17+/m1/s1. The van der Waals surface area contributed by atoms with Crippen LogP contribution >= 0.6 is 0 Å². The molecule has 0 radical (unpaired) electrons. The van der Waals surface area contributed by atoms with Crippen LogP contribution in [0.3, 0.4) is 0 Å². The van der Waals surface area contributed by atoms with E-state index in [1.165, 1.54) is 0 Å². The largest absolute Gasteiger partial charge is 0.384 e. The van der Waals surface area contributed by atoms with Crippen molar-refractivity contribution in [3.8, 4) is 0 Å². The number of carbonyl (C=O) groups excluding carboxylic acids is 2. The molecule has 5 heteroatoms. The molecule has 0 bridgehead atoms. The van der Waals surface area contributed by atoms with Gasteiger partial charge in [-0.05, 0) is 24.8 Å². The lowest BCUT2D eigenvalue weighted by Gasteiger charge is -2.33. The molecule has 0 aliphatic carbocycles. The molecule has 1 aromatic rings. The van der Waals surface area contributed by atoms with Gasteiger partial charge < -0.3 is 15.0 Å². The predicted molar refractivity (Wildman–Crippen MR) is 91.3 cm³/mol. The third kappa shape index (κ3) is 3.61. The van der Waals surface area contributed by atoms with Gasteiger partial charge in [0.15, 0.2) is 0 Å². The Hall–Kier alpha value is -1.88. The van der Waals surface area contributed by atoms with Gasteiger partial charge in [-0.25, -0.2) is 0 Å². The van der Waals surface area contributed by atoms with Crippen LogP contribution in [-0.2, 0) is 14.3 Å². The third-order valence-electron chi connectivity index (χ3n) is 5.13. The first kappa shape index (κ1) is 17.0. The van der Waals surface area contributed by atoms with Crippen molar-refractivity contribution in [2.75, 3.05) is 13.7 Å². The number of benzene rings is 1. The van der Waals surface area contributed by atoms with E-state index in [1.54, 1.807) is 7.11 Å². The fourth-order valence-electron chi connectivity index (χ4n) is 4.00. The Balaban J connectivity index is 1.88. The summed E-state index contributed by atoms with van der Waals surface area (Å²) in [6.45, 7) is 0.431. The first-order valence-corrected chi connectivity index (χ1v) is 8.85. The van der Waals surface area contributed by atoms with E-state index in [2.05, 4.69) is 17.4 Å². The molecule has 2 amide bonds. The molecule has 0 saturated carbocycles. The van der Waals surface area contributed by atoms with Gasteiger partial charge in [-0.1, -0.05) is 36.8 Å². The highest BCUT2D eigenvalue weighted by Gasteiger charge is 2.44. The molecular formula is C19H26N2O3. The Morgan fingerprint density at radius 1 is 1.29 bits per heavy atom. The molecule has 2 saturated heterocycles. The quantitative estimate of drug-likeness (QED) is 0.922. The van der Waals surface area contributed by atoms with Gasteiger partial charge in [-0.2, -0.15) is 0 Å². The van der Waals surface area contributed by atoms with Crippen molar-refractivity contribution in [1.29, 1.82) is 0 Å². The van der Waals surface area contributed by atoms with Crippen LogP contribution in [0.2, 0.25) is 0 Å². The van der Waals surface area contributed by atoms with Crippen LogP contribution in [0.25, 0.3) is 0 Å². The summed E-state index contributed by atoms with van der Waals surface area (Å²) in [7, 11) is 1.62. The van der Waals surface area contributed by atoms with Crippen LogP contribution in [0.5, 0.6) is 0 Å². The van der Waals surface area contributed by atoms with Crippen LogP contribution in [0.1, 0.15) is 50.1 Å². The summed E-state index contributed by atoms with van der Waals surface area (Å²) in [5.74, 6) is 0.232. The van der Waals surface area contributed by atoms with E-state index in [0.717, 1.165) is 31.2 Å². The van der Waals surface area contributed by atoms with Gasteiger partial charge in [0.2, 0.25) is 11.8 Å². The maximum atomic E-state index is 12.9. The SMILES string of the molecule is COCCC(=O)N1[C@H](c2ccccc2)C[C@H]2NC(=O)CCCC[C@@H]21. The fraction of sp³-hybridized carbons (Fsp3) is 0.579. The molecule has 1 N–H and O–H groups in total. The van der Waals surface area contributed by atoms with Crippen LogP contribution < -0.4 is 5.32 Å². The predicted octanol–water partition coefficient (Wildman–Crippen LogP) is 2.42. The van der Waals surface area contributed by atoms with E-state index in [9.17, 15) is 9.59 Å². The summed E-state index contributed by atoms with van der Waals surface area (Å²) in [6.07, 6.45) is 4.61. The van der Waals surface area contributed by atoms with Gasteiger partial charge in [0.1, 0.15) is 0 Å². The minimum atomic E-state index is 0.0314. The van der Waals surface area contributed by atoms with Crippen LogP contribution in [0, 0.1) is 0 Å². The van der Waals surface area contributed by atoms with Gasteiger partial charge in [0, 0.05) is 13.5 Å². The maximum absolute atomic E-state index is 12.9. The van der Waals surface area contributed by atoms with Crippen LogP contribution in [0.4, 0.5) is 0 Å². The van der Waals surface area contributed by atoms with Gasteiger partial charge >= 0.3 is 0 Å². The molecule has 0 aromatic heterocycles.